The number of nitrogens with zero attached hydrogens (tertiary/aromatic N) is 2. The molecule has 0 radical (unpaired) electrons. The van der Waals surface area contributed by atoms with E-state index in [1.54, 1.807) is 0 Å². The molecule has 0 bridgehead atoms. The van der Waals surface area contributed by atoms with E-state index >= 15 is 0 Å². The predicted octanol–water partition coefficient (Wildman–Crippen LogP) is 10.6. The largest absolute Gasteiger partial charge is 0.297 e. The van der Waals surface area contributed by atoms with E-state index in [2.05, 4.69) is 157 Å². The number of rotatable bonds is 4. The molecule has 42 heavy (non-hydrogen) atoms. The number of hydrogen-bond acceptors (Lipinski definition) is 1. The summed E-state index contributed by atoms with van der Waals surface area (Å²) in [6.07, 6.45) is 0. The van der Waals surface area contributed by atoms with E-state index in [9.17, 15) is 0 Å². The molecular formula is C40H28N2. The first kappa shape index (κ1) is 24.3. The van der Waals surface area contributed by atoms with Gasteiger partial charge in [0.1, 0.15) is 5.82 Å². The van der Waals surface area contributed by atoms with Crippen LogP contribution in [0.1, 0.15) is 5.82 Å². The first-order chi connectivity index (χ1) is 20.8. The number of benzene rings is 7. The van der Waals surface area contributed by atoms with Crippen LogP contribution < -0.4 is 0 Å². The summed E-state index contributed by atoms with van der Waals surface area (Å²) in [5.41, 5.74) is 10.6. The molecule has 7 aromatic carbocycles. The Morgan fingerprint density at radius 2 is 0.976 bits per heavy atom. The molecule has 2 heteroatoms. The minimum atomic E-state index is 0.984. The highest BCUT2D eigenvalue weighted by molar-refractivity contribution is 6.21. The van der Waals surface area contributed by atoms with E-state index in [0.717, 1.165) is 22.5 Å². The molecule has 1 heterocycles. The molecule has 0 amide bonds. The summed E-state index contributed by atoms with van der Waals surface area (Å²) < 4.78 is 2.25. The lowest BCUT2D eigenvalue weighted by Crippen LogP contribution is -1.97. The van der Waals surface area contributed by atoms with E-state index in [-0.39, 0.29) is 0 Å². The Morgan fingerprint density at radius 3 is 1.69 bits per heavy atom. The monoisotopic (exact) mass is 536 g/mol. The molecular weight excluding hydrogens is 508 g/mol. The topological polar surface area (TPSA) is 17.8 Å². The van der Waals surface area contributed by atoms with E-state index in [1.165, 1.54) is 54.9 Å². The number of imidazole rings is 1. The fraction of sp³-hybridized carbons (Fsp3) is 0.0250. The Hall–Kier alpha value is -5.47. The van der Waals surface area contributed by atoms with Crippen LogP contribution in [-0.2, 0) is 0 Å². The zero-order valence-electron chi connectivity index (χ0n) is 23.3. The third-order valence-corrected chi connectivity index (χ3v) is 8.32. The average molecular weight is 537 g/mol. The molecule has 8 rings (SSSR count). The molecule has 0 aliphatic rings. The second-order valence-corrected chi connectivity index (χ2v) is 10.8. The Balaban J connectivity index is 1.41. The van der Waals surface area contributed by atoms with Crippen LogP contribution in [0.5, 0.6) is 0 Å². The molecule has 0 saturated carbocycles. The van der Waals surface area contributed by atoms with Gasteiger partial charge in [0, 0.05) is 5.69 Å². The normalized spacial score (nSPS) is 11.5. The van der Waals surface area contributed by atoms with Crippen molar-refractivity contribution in [2.24, 2.45) is 0 Å². The first-order valence-electron chi connectivity index (χ1n) is 14.4. The molecule has 0 unspecified atom stereocenters. The van der Waals surface area contributed by atoms with Gasteiger partial charge in [-0.3, -0.25) is 4.57 Å². The molecule has 1 aromatic heterocycles. The van der Waals surface area contributed by atoms with Crippen molar-refractivity contribution in [2.45, 2.75) is 6.92 Å². The SMILES string of the molecule is Cc1nc2ccccc2n1-c1cccc(-c2ccc3c(-c4ccccc4)c4ccccc4c(-c4ccccc4)c3c2)c1. The third kappa shape index (κ3) is 3.92. The molecule has 0 aliphatic carbocycles. The maximum absolute atomic E-state index is 4.81. The smallest absolute Gasteiger partial charge is 0.111 e. The molecule has 0 spiro atoms. The third-order valence-electron chi connectivity index (χ3n) is 8.32. The van der Waals surface area contributed by atoms with Crippen LogP contribution in [0.4, 0.5) is 0 Å². The predicted molar refractivity (Wildman–Crippen MR) is 177 cm³/mol. The van der Waals surface area contributed by atoms with Gasteiger partial charge in [0.2, 0.25) is 0 Å². The highest BCUT2D eigenvalue weighted by atomic mass is 15.1. The van der Waals surface area contributed by atoms with Crippen LogP contribution in [0.2, 0.25) is 0 Å². The second kappa shape index (κ2) is 9.87. The summed E-state index contributed by atoms with van der Waals surface area (Å²) >= 11 is 0. The molecule has 0 N–H and O–H groups in total. The number of hydrogen-bond donors (Lipinski definition) is 0. The molecule has 0 atom stereocenters. The Morgan fingerprint density at radius 1 is 0.429 bits per heavy atom. The van der Waals surface area contributed by atoms with Crippen LogP contribution in [0.25, 0.3) is 71.6 Å². The zero-order chi connectivity index (χ0) is 28.0. The summed E-state index contributed by atoms with van der Waals surface area (Å²) in [7, 11) is 0. The van der Waals surface area contributed by atoms with Crippen LogP contribution >= 0.6 is 0 Å². The lowest BCUT2D eigenvalue weighted by molar-refractivity contribution is 1.00. The van der Waals surface area contributed by atoms with Gasteiger partial charge in [-0.2, -0.15) is 0 Å². The molecule has 0 saturated heterocycles. The first-order valence-corrected chi connectivity index (χ1v) is 14.4. The highest BCUT2D eigenvalue weighted by Gasteiger charge is 2.17. The van der Waals surface area contributed by atoms with Gasteiger partial charge < -0.3 is 0 Å². The van der Waals surface area contributed by atoms with Crippen LogP contribution in [0.3, 0.4) is 0 Å². The lowest BCUT2D eigenvalue weighted by Gasteiger charge is -2.19. The van der Waals surface area contributed by atoms with Crippen molar-refractivity contribution in [3.8, 4) is 39.1 Å². The average Bonchev–Trinajstić information content (AvgIpc) is 3.39. The number of aromatic nitrogens is 2. The van der Waals surface area contributed by atoms with E-state index in [1.807, 2.05) is 6.07 Å². The highest BCUT2D eigenvalue weighted by Crippen LogP contribution is 2.44. The van der Waals surface area contributed by atoms with Crippen LogP contribution in [-0.4, -0.2) is 9.55 Å². The van der Waals surface area contributed by atoms with Gasteiger partial charge in [0.15, 0.2) is 0 Å². The van der Waals surface area contributed by atoms with Crippen molar-refractivity contribution in [3.63, 3.8) is 0 Å². The van der Waals surface area contributed by atoms with Crippen molar-refractivity contribution >= 4 is 32.6 Å². The standard InChI is InChI=1S/C40H28N2/c1-27-41-37-21-10-11-22-38(37)42(27)32-18-12-17-30(25-32)31-23-24-35-36(26-31)40(29-15-6-3-7-16-29)34-20-9-8-19-33(34)39(35)28-13-4-2-5-14-28/h2-26H,1H3. The van der Waals surface area contributed by atoms with Crippen molar-refractivity contribution in [2.75, 3.05) is 0 Å². The van der Waals surface area contributed by atoms with Gasteiger partial charge in [0.25, 0.3) is 0 Å². The van der Waals surface area contributed by atoms with E-state index in [0.29, 0.717) is 0 Å². The summed E-state index contributed by atoms with van der Waals surface area (Å²) in [6, 6.07) is 54.5. The summed E-state index contributed by atoms with van der Waals surface area (Å²) in [4.78, 5) is 4.81. The molecule has 0 fully saturated rings. The Bertz CT molecular complexity index is 2240. The molecule has 2 nitrogen and oxygen atoms in total. The minimum Gasteiger partial charge on any atom is -0.297 e. The van der Waals surface area contributed by atoms with Gasteiger partial charge in [-0.1, -0.05) is 121 Å². The summed E-state index contributed by atoms with van der Waals surface area (Å²) in [5.74, 6) is 0.984. The van der Waals surface area contributed by atoms with Gasteiger partial charge >= 0.3 is 0 Å². The van der Waals surface area contributed by atoms with Gasteiger partial charge in [0.05, 0.1) is 11.0 Å². The summed E-state index contributed by atoms with van der Waals surface area (Å²) in [6.45, 7) is 2.07. The summed E-state index contributed by atoms with van der Waals surface area (Å²) in [5, 5.41) is 5.05. The number of fused-ring (bicyclic) bond motifs is 3. The van der Waals surface area contributed by atoms with E-state index in [4.69, 9.17) is 4.98 Å². The van der Waals surface area contributed by atoms with E-state index < -0.39 is 0 Å². The maximum atomic E-state index is 4.81. The maximum Gasteiger partial charge on any atom is 0.111 e. The second-order valence-electron chi connectivity index (χ2n) is 10.8. The van der Waals surface area contributed by atoms with Crippen molar-refractivity contribution in [3.05, 3.63) is 157 Å². The van der Waals surface area contributed by atoms with Crippen LogP contribution in [0.15, 0.2) is 152 Å². The van der Waals surface area contributed by atoms with Gasteiger partial charge in [-0.25, -0.2) is 4.98 Å². The van der Waals surface area contributed by atoms with Crippen molar-refractivity contribution in [1.82, 2.24) is 9.55 Å². The lowest BCUT2D eigenvalue weighted by atomic mass is 9.85. The fourth-order valence-corrected chi connectivity index (χ4v) is 6.49. The zero-order valence-corrected chi connectivity index (χ0v) is 23.3. The Kier molecular flexibility index (Phi) is 5.72. The number of para-hydroxylation sites is 2. The molecule has 0 aliphatic heterocycles. The molecule has 8 aromatic rings. The fourth-order valence-electron chi connectivity index (χ4n) is 6.49. The molecule has 198 valence electrons. The van der Waals surface area contributed by atoms with Crippen molar-refractivity contribution < 1.29 is 0 Å². The van der Waals surface area contributed by atoms with Crippen LogP contribution in [0, 0.1) is 6.92 Å². The minimum absolute atomic E-state index is 0.984. The van der Waals surface area contributed by atoms with Crippen molar-refractivity contribution in [1.29, 1.82) is 0 Å². The quantitative estimate of drug-likeness (QED) is 0.205. The van der Waals surface area contributed by atoms with Gasteiger partial charge in [-0.15, -0.1) is 0 Å². The Labute approximate surface area is 245 Å². The van der Waals surface area contributed by atoms with Gasteiger partial charge in [-0.05, 0) is 92.2 Å². The number of aryl methyl sites for hydroxylation is 1.